The summed E-state index contributed by atoms with van der Waals surface area (Å²) >= 11 is 3.69. The number of aliphatic hydroxyl groups excluding tert-OH is 1. The van der Waals surface area contributed by atoms with Crippen molar-refractivity contribution in [2.75, 3.05) is 5.33 Å². The second-order valence-electron chi connectivity index (χ2n) is 6.07. The van der Waals surface area contributed by atoms with Gasteiger partial charge in [-0.05, 0) is 30.1 Å². The van der Waals surface area contributed by atoms with Crippen molar-refractivity contribution in [1.29, 1.82) is 0 Å². The summed E-state index contributed by atoms with van der Waals surface area (Å²) in [4.78, 5) is 0. The zero-order valence-electron chi connectivity index (χ0n) is 9.37. The van der Waals surface area contributed by atoms with Crippen molar-refractivity contribution in [3.05, 3.63) is 0 Å². The van der Waals surface area contributed by atoms with E-state index in [-0.39, 0.29) is 5.41 Å². The van der Waals surface area contributed by atoms with Gasteiger partial charge in [0.25, 0.3) is 0 Å². The first kappa shape index (κ1) is 10.5. The Kier molecular flexibility index (Phi) is 2.10. The number of hydrogen-bond acceptors (Lipinski definition) is 2. The molecule has 0 unspecified atom stereocenters. The van der Waals surface area contributed by atoms with Gasteiger partial charge in [-0.2, -0.15) is 0 Å². The number of ether oxygens (including phenoxy) is 1. The van der Waals surface area contributed by atoms with Crippen LogP contribution in [0.2, 0.25) is 0 Å². The van der Waals surface area contributed by atoms with Crippen LogP contribution in [-0.4, -0.2) is 22.8 Å². The van der Waals surface area contributed by atoms with Gasteiger partial charge in [-0.1, -0.05) is 29.8 Å². The van der Waals surface area contributed by atoms with Gasteiger partial charge in [-0.15, -0.1) is 0 Å². The Morgan fingerprint density at radius 3 is 2.87 bits per heavy atom. The molecule has 1 saturated heterocycles. The van der Waals surface area contributed by atoms with Crippen molar-refractivity contribution in [3.8, 4) is 0 Å². The van der Waals surface area contributed by atoms with Crippen molar-refractivity contribution in [2.24, 2.45) is 22.7 Å². The second-order valence-corrected chi connectivity index (χ2v) is 6.63. The lowest BCUT2D eigenvalue weighted by atomic mass is 9.70. The van der Waals surface area contributed by atoms with E-state index in [1.165, 1.54) is 12.8 Å². The topological polar surface area (TPSA) is 29.5 Å². The van der Waals surface area contributed by atoms with E-state index in [1.54, 1.807) is 0 Å². The summed E-state index contributed by atoms with van der Waals surface area (Å²) in [6.07, 6.45) is 3.21. The zero-order chi connectivity index (χ0) is 10.8. The first-order valence-electron chi connectivity index (χ1n) is 5.92. The minimum absolute atomic E-state index is 0.264. The normalized spacial score (nSPS) is 56.0. The van der Waals surface area contributed by atoms with E-state index in [1.807, 2.05) is 0 Å². The van der Waals surface area contributed by atoms with E-state index in [0.717, 1.165) is 17.7 Å². The van der Waals surface area contributed by atoms with Gasteiger partial charge in [0.1, 0.15) is 0 Å². The first-order chi connectivity index (χ1) is 7.03. The molecule has 2 aliphatic carbocycles. The quantitative estimate of drug-likeness (QED) is 0.745. The van der Waals surface area contributed by atoms with Crippen LogP contribution in [0.5, 0.6) is 0 Å². The summed E-state index contributed by atoms with van der Waals surface area (Å²) < 4.78 is 5.77. The average Bonchev–Trinajstić information content (AvgIpc) is 2.71. The molecule has 1 N–H and O–H groups in total. The Bertz CT molecular complexity index is 291. The van der Waals surface area contributed by atoms with Crippen LogP contribution in [0, 0.1) is 22.7 Å². The molecule has 3 rings (SSSR count). The Morgan fingerprint density at radius 2 is 2.20 bits per heavy atom. The van der Waals surface area contributed by atoms with Crippen LogP contribution in [0.3, 0.4) is 0 Å². The van der Waals surface area contributed by atoms with Crippen LogP contribution in [-0.2, 0) is 4.74 Å². The van der Waals surface area contributed by atoms with Crippen molar-refractivity contribution < 1.29 is 9.84 Å². The fourth-order valence-corrected chi connectivity index (χ4v) is 5.96. The summed E-state index contributed by atoms with van der Waals surface area (Å²) in [6, 6.07) is 0. The molecule has 2 bridgehead atoms. The minimum atomic E-state index is -0.505. The number of aliphatic hydroxyl groups is 1. The van der Waals surface area contributed by atoms with Gasteiger partial charge < -0.3 is 9.84 Å². The van der Waals surface area contributed by atoms with Gasteiger partial charge in [0.05, 0.1) is 6.10 Å². The van der Waals surface area contributed by atoms with E-state index in [0.29, 0.717) is 17.4 Å². The molecule has 1 aliphatic heterocycles. The highest BCUT2D eigenvalue weighted by molar-refractivity contribution is 9.09. The van der Waals surface area contributed by atoms with Crippen LogP contribution >= 0.6 is 15.9 Å². The maximum absolute atomic E-state index is 9.64. The Morgan fingerprint density at radius 1 is 1.47 bits per heavy atom. The average molecular weight is 275 g/mol. The van der Waals surface area contributed by atoms with Crippen molar-refractivity contribution >= 4 is 15.9 Å². The molecule has 5 atom stereocenters. The number of fused-ring (bicyclic) bond motifs is 5. The monoisotopic (exact) mass is 274 g/mol. The van der Waals surface area contributed by atoms with Crippen LogP contribution in [0.1, 0.15) is 33.1 Å². The van der Waals surface area contributed by atoms with Crippen molar-refractivity contribution in [1.82, 2.24) is 0 Å². The molecule has 0 amide bonds. The molecular weight excluding hydrogens is 256 g/mol. The van der Waals surface area contributed by atoms with Crippen LogP contribution in [0.15, 0.2) is 0 Å². The highest BCUT2D eigenvalue weighted by Gasteiger charge is 2.70. The van der Waals surface area contributed by atoms with Crippen LogP contribution < -0.4 is 0 Å². The zero-order valence-corrected chi connectivity index (χ0v) is 11.0. The summed E-state index contributed by atoms with van der Waals surface area (Å²) in [5.41, 5.74) is 0.631. The SMILES string of the molecule is CC1(C)[C@H]2CC[C@@]1(CBr)[C@H]1O[C@H](O)C[C@@H]21. The number of halogens is 1. The summed E-state index contributed by atoms with van der Waals surface area (Å²) in [5.74, 6) is 1.35. The van der Waals surface area contributed by atoms with E-state index in [9.17, 15) is 5.11 Å². The molecule has 86 valence electrons. The molecule has 15 heavy (non-hydrogen) atoms. The first-order valence-corrected chi connectivity index (χ1v) is 7.04. The molecule has 3 aliphatic rings. The highest BCUT2D eigenvalue weighted by atomic mass is 79.9. The largest absolute Gasteiger partial charge is 0.368 e. The van der Waals surface area contributed by atoms with Gasteiger partial charge in [0, 0.05) is 17.2 Å². The van der Waals surface area contributed by atoms with Crippen molar-refractivity contribution in [2.45, 2.75) is 45.5 Å². The lowest BCUT2D eigenvalue weighted by Gasteiger charge is -2.40. The number of hydrogen-bond donors (Lipinski definition) is 1. The molecular formula is C12H19BrO2. The van der Waals surface area contributed by atoms with E-state index in [2.05, 4.69) is 29.8 Å². The number of alkyl halides is 1. The van der Waals surface area contributed by atoms with E-state index >= 15 is 0 Å². The summed E-state index contributed by atoms with van der Waals surface area (Å²) in [7, 11) is 0. The second kappa shape index (κ2) is 2.99. The molecule has 0 aromatic heterocycles. The maximum atomic E-state index is 9.64. The molecule has 2 saturated carbocycles. The fraction of sp³-hybridized carbons (Fsp3) is 1.00. The third kappa shape index (κ3) is 1.03. The smallest absolute Gasteiger partial charge is 0.155 e. The minimum Gasteiger partial charge on any atom is -0.368 e. The van der Waals surface area contributed by atoms with E-state index < -0.39 is 6.29 Å². The lowest BCUT2D eigenvalue weighted by Crippen LogP contribution is -2.42. The molecule has 0 spiro atoms. The van der Waals surface area contributed by atoms with Gasteiger partial charge in [0.2, 0.25) is 0 Å². The van der Waals surface area contributed by atoms with Gasteiger partial charge in [0.15, 0.2) is 6.29 Å². The molecule has 3 heteroatoms. The van der Waals surface area contributed by atoms with Crippen LogP contribution in [0.4, 0.5) is 0 Å². The van der Waals surface area contributed by atoms with E-state index in [4.69, 9.17) is 4.74 Å². The van der Waals surface area contributed by atoms with Gasteiger partial charge in [-0.25, -0.2) is 0 Å². The Balaban J connectivity index is 2.03. The summed E-state index contributed by atoms with van der Waals surface area (Å²) in [6.45, 7) is 4.78. The van der Waals surface area contributed by atoms with Crippen molar-refractivity contribution in [3.63, 3.8) is 0 Å². The third-order valence-electron chi connectivity index (χ3n) is 5.58. The maximum Gasteiger partial charge on any atom is 0.155 e. The molecule has 1 heterocycles. The Labute approximate surface area is 99.5 Å². The fourth-order valence-electron chi connectivity index (χ4n) is 4.64. The molecule has 3 fully saturated rings. The standard InChI is InChI=1S/C12H19BrO2/c1-11(2)8-3-4-12(11,6-13)10-7(8)5-9(14)15-10/h7-10,14H,3-6H2,1-2H3/t7-,8-,9-,10-,12+/m0/s1. The number of rotatable bonds is 1. The predicted octanol–water partition coefficient (Wildman–Crippen LogP) is 2.54. The van der Waals surface area contributed by atoms with Gasteiger partial charge >= 0.3 is 0 Å². The highest BCUT2D eigenvalue weighted by Crippen LogP contribution is 2.71. The molecule has 0 aromatic carbocycles. The van der Waals surface area contributed by atoms with Crippen LogP contribution in [0.25, 0.3) is 0 Å². The van der Waals surface area contributed by atoms with Gasteiger partial charge in [-0.3, -0.25) is 0 Å². The Hall–Kier alpha value is 0.400. The molecule has 0 aromatic rings. The molecule has 2 nitrogen and oxygen atoms in total. The predicted molar refractivity (Wildman–Crippen MR) is 61.7 cm³/mol. The summed E-state index contributed by atoms with van der Waals surface area (Å²) in [5, 5.41) is 10.7. The molecule has 0 radical (unpaired) electrons. The third-order valence-corrected chi connectivity index (χ3v) is 6.58. The lowest BCUT2D eigenvalue weighted by molar-refractivity contribution is -0.132.